The van der Waals surface area contributed by atoms with Crippen LogP contribution in [0, 0.1) is 0 Å². The van der Waals surface area contributed by atoms with Gasteiger partial charge in [0, 0.05) is 10.7 Å². The fourth-order valence-corrected chi connectivity index (χ4v) is 1.88. The molecule has 0 aromatic heterocycles. The van der Waals surface area contributed by atoms with Crippen LogP contribution < -0.4 is 14.8 Å². The highest BCUT2D eigenvalue weighted by atomic mass is 35.5. The maximum Gasteiger partial charge on any atom is 0.119 e. The Kier molecular flexibility index (Phi) is 5.13. The van der Waals surface area contributed by atoms with Crippen LogP contribution in [0.5, 0.6) is 11.5 Å². The van der Waals surface area contributed by atoms with Gasteiger partial charge in [-0.05, 0) is 55.5 Å². The normalized spacial score (nSPS) is 11.8. The third-order valence-electron chi connectivity index (χ3n) is 2.83. The molecule has 4 heteroatoms. The molecule has 0 amide bonds. The average Bonchev–Trinajstić information content (AvgIpc) is 2.48. The van der Waals surface area contributed by atoms with Gasteiger partial charge in [0.1, 0.15) is 17.6 Å². The first-order valence-corrected chi connectivity index (χ1v) is 6.85. The van der Waals surface area contributed by atoms with Gasteiger partial charge in [0.15, 0.2) is 0 Å². The van der Waals surface area contributed by atoms with Gasteiger partial charge in [-0.2, -0.15) is 0 Å². The monoisotopic (exact) mass is 291 g/mol. The Labute approximate surface area is 124 Å². The summed E-state index contributed by atoms with van der Waals surface area (Å²) in [4.78, 5) is 0. The first-order valence-electron chi connectivity index (χ1n) is 6.47. The van der Waals surface area contributed by atoms with Gasteiger partial charge in [0.05, 0.1) is 13.7 Å². The molecule has 0 radical (unpaired) electrons. The molecule has 20 heavy (non-hydrogen) atoms. The fourth-order valence-electron chi connectivity index (χ4n) is 1.76. The van der Waals surface area contributed by atoms with E-state index in [1.807, 2.05) is 55.5 Å². The first-order chi connectivity index (χ1) is 9.67. The van der Waals surface area contributed by atoms with Crippen molar-refractivity contribution < 1.29 is 9.47 Å². The Hall–Kier alpha value is -1.87. The fraction of sp³-hybridized carbons (Fsp3) is 0.250. The van der Waals surface area contributed by atoms with E-state index < -0.39 is 0 Å². The minimum absolute atomic E-state index is 0.0540. The summed E-state index contributed by atoms with van der Waals surface area (Å²) in [5, 5.41) is 4.03. The van der Waals surface area contributed by atoms with Crippen molar-refractivity contribution in [1.29, 1.82) is 0 Å². The number of halogens is 1. The SMILES string of the molecule is COc1ccc(NCC(C)Oc2ccc(Cl)cc2)cc1. The van der Waals surface area contributed by atoms with Gasteiger partial charge in [0.2, 0.25) is 0 Å². The molecule has 1 unspecified atom stereocenters. The number of anilines is 1. The van der Waals surface area contributed by atoms with Crippen molar-refractivity contribution in [2.75, 3.05) is 19.0 Å². The van der Waals surface area contributed by atoms with E-state index in [0.29, 0.717) is 5.02 Å². The van der Waals surface area contributed by atoms with Crippen molar-refractivity contribution in [2.24, 2.45) is 0 Å². The number of hydrogen-bond acceptors (Lipinski definition) is 3. The van der Waals surface area contributed by atoms with Gasteiger partial charge in [-0.1, -0.05) is 11.6 Å². The van der Waals surface area contributed by atoms with Crippen LogP contribution in [0.3, 0.4) is 0 Å². The molecular weight excluding hydrogens is 274 g/mol. The van der Waals surface area contributed by atoms with Crippen molar-refractivity contribution in [2.45, 2.75) is 13.0 Å². The Bertz CT molecular complexity index is 525. The second-order valence-electron chi connectivity index (χ2n) is 4.49. The molecule has 0 fully saturated rings. The van der Waals surface area contributed by atoms with E-state index in [-0.39, 0.29) is 6.10 Å². The zero-order chi connectivity index (χ0) is 14.4. The van der Waals surface area contributed by atoms with Gasteiger partial charge in [-0.15, -0.1) is 0 Å². The summed E-state index contributed by atoms with van der Waals surface area (Å²) >= 11 is 5.84. The summed E-state index contributed by atoms with van der Waals surface area (Å²) < 4.78 is 10.9. The first kappa shape index (κ1) is 14.5. The van der Waals surface area contributed by atoms with Crippen molar-refractivity contribution in [3.63, 3.8) is 0 Å². The van der Waals surface area contributed by atoms with E-state index in [4.69, 9.17) is 21.1 Å². The molecule has 3 nitrogen and oxygen atoms in total. The molecule has 106 valence electrons. The van der Waals surface area contributed by atoms with Gasteiger partial charge in [0.25, 0.3) is 0 Å². The molecule has 0 aliphatic heterocycles. The third-order valence-corrected chi connectivity index (χ3v) is 3.09. The topological polar surface area (TPSA) is 30.5 Å². The lowest BCUT2D eigenvalue weighted by atomic mass is 10.3. The van der Waals surface area contributed by atoms with Crippen molar-refractivity contribution in [1.82, 2.24) is 0 Å². The highest BCUT2D eigenvalue weighted by molar-refractivity contribution is 6.30. The predicted molar refractivity (Wildman–Crippen MR) is 83.0 cm³/mol. The summed E-state index contributed by atoms with van der Waals surface area (Å²) in [7, 11) is 1.66. The molecule has 0 heterocycles. The highest BCUT2D eigenvalue weighted by Gasteiger charge is 2.04. The lowest BCUT2D eigenvalue weighted by Crippen LogP contribution is -2.22. The second-order valence-corrected chi connectivity index (χ2v) is 4.93. The van der Waals surface area contributed by atoms with E-state index in [9.17, 15) is 0 Å². The van der Waals surface area contributed by atoms with Gasteiger partial charge in [-0.3, -0.25) is 0 Å². The standard InChI is InChI=1S/C16H18ClNO2/c1-12(20-16-7-3-13(17)4-8-16)11-18-14-5-9-15(19-2)10-6-14/h3-10,12,18H,11H2,1-2H3. The molecule has 0 aliphatic rings. The van der Waals surface area contributed by atoms with Crippen molar-refractivity contribution in [3.05, 3.63) is 53.6 Å². The summed E-state index contributed by atoms with van der Waals surface area (Å²) in [6.07, 6.45) is 0.0540. The maximum absolute atomic E-state index is 5.84. The number of benzene rings is 2. The Morgan fingerprint density at radius 2 is 1.60 bits per heavy atom. The predicted octanol–water partition coefficient (Wildman–Crippen LogP) is 4.23. The number of rotatable bonds is 6. The van der Waals surface area contributed by atoms with E-state index in [0.717, 1.165) is 23.7 Å². The molecule has 0 saturated heterocycles. The molecule has 0 bridgehead atoms. The quantitative estimate of drug-likeness (QED) is 0.864. The van der Waals surface area contributed by atoms with E-state index in [2.05, 4.69) is 5.32 Å². The number of hydrogen-bond donors (Lipinski definition) is 1. The summed E-state index contributed by atoms with van der Waals surface area (Å²) in [5.41, 5.74) is 1.04. The Morgan fingerprint density at radius 3 is 2.20 bits per heavy atom. The van der Waals surface area contributed by atoms with Crippen molar-refractivity contribution in [3.8, 4) is 11.5 Å². The molecule has 0 aliphatic carbocycles. The lowest BCUT2D eigenvalue weighted by Gasteiger charge is -2.16. The van der Waals surface area contributed by atoms with Gasteiger partial charge >= 0.3 is 0 Å². The highest BCUT2D eigenvalue weighted by Crippen LogP contribution is 2.18. The zero-order valence-corrected chi connectivity index (χ0v) is 12.4. The summed E-state index contributed by atoms with van der Waals surface area (Å²) in [6.45, 7) is 2.74. The van der Waals surface area contributed by atoms with Crippen LogP contribution in [0.2, 0.25) is 5.02 Å². The maximum atomic E-state index is 5.84. The Balaban J connectivity index is 1.82. The molecule has 2 aromatic rings. The Morgan fingerprint density at radius 1 is 1.00 bits per heavy atom. The number of methoxy groups -OCH3 is 1. The van der Waals surface area contributed by atoms with Crippen LogP contribution in [0.1, 0.15) is 6.92 Å². The van der Waals surface area contributed by atoms with Crippen LogP contribution in [-0.4, -0.2) is 19.8 Å². The molecule has 1 N–H and O–H groups in total. The molecule has 0 spiro atoms. The van der Waals surface area contributed by atoms with Crippen LogP contribution in [0.25, 0.3) is 0 Å². The van der Waals surface area contributed by atoms with E-state index in [1.165, 1.54) is 0 Å². The van der Waals surface area contributed by atoms with Crippen LogP contribution in [0.15, 0.2) is 48.5 Å². The summed E-state index contributed by atoms with van der Waals surface area (Å²) in [6, 6.07) is 15.2. The second kappa shape index (κ2) is 7.06. The molecular formula is C16H18ClNO2. The van der Waals surface area contributed by atoms with Gasteiger partial charge in [-0.25, -0.2) is 0 Å². The minimum atomic E-state index is 0.0540. The third kappa shape index (κ3) is 4.35. The number of nitrogens with one attached hydrogen (secondary N) is 1. The molecule has 1 atom stereocenters. The molecule has 0 saturated carbocycles. The van der Waals surface area contributed by atoms with Gasteiger partial charge < -0.3 is 14.8 Å². The van der Waals surface area contributed by atoms with E-state index >= 15 is 0 Å². The van der Waals surface area contributed by atoms with Crippen molar-refractivity contribution >= 4 is 17.3 Å². The lowest BCUT2D eigenvalue weighted by molar-refractivity contribution is 0.235. The zero-order valence-electron chi connectivity index (χ0n) is 11.6. The largest absolute Gasteiger partial charge is 0.497 e. The molecule has 2 rings (SSSR count). The minimum Gasteiger partial charge on any atom is -0.497 e. The smallest absolute Gasteiger partial charge is 0.119 e. The number of ether oxygens (including phenoxy) is 2. The average molecular weight is 292 g/mol. The van der Waals surface area contributed by atoms with Crippen LogP contribution >= 0.6 is 11.6 Å². The molecule has 2 aromatic carbocycles. The summed E-state index contributed by atoms with van der Waals surface area (Å²) in [5.74, 6) is 1.67. The van der Waals surface area contributed by atoms with Crippen LogP contribution in [-0.2, 0) is 0 Å². The van der Waals surface area contributed by atoms with Crippen LogP contribution in [0.4, 0.5) is 5.69 Å². The van der Waals surface area contributed by atoms with E-state index in [1.54, 1.807) is 7.11 Å².